The Morgan fingerprint density at radius 1 is 1.04 bits per heavy atom. The van der Waals surface area contributed by atoms with Gasteiger partial charge in [0.15, 0.2) is 0 Å². The molecule has 0 saturated heterocycles. The predicted octanol–water partition coefficient (Wildman–Crippen LogP) is 3.44. The van der Waals surface area contributed by atoms with Gasteiger partial charge in [-0.05, 0) is 17.7 Å². The van der Waals surface area contributed by atoms with Gasteiger partial charge in [-0.25, -0.2) is 4.98 Å². The van der Waals surface area contributed by atoms with E-state index in [2.05, 4.69) is 9.97 Å². The molecule has 2 heterocycles. The van der Waals surface area contributed by atoms with Gasteiger partial charge in [-0.15, -0.1) is 0 Å². The highest BCUT2D eigenvalue weighted by Crippen LogP contribution is 2.31. The number of H-pyrrole nitrogens is 1. The number of benzene rings is 2. The van der Waals surface area contributed by atoms with Gasteiger partial charge in [0.1, 0.15) is 0 Å². The van der Waals surface area contributed by atoms with Crippen molar-refractivity contribution in [3.8, 4) is 11.1 Å². The third kappa shape index (κ3) is 2.37. The van der Waals surface area contributed by atoms with Gasteiger partial charge in [-0.2, -0.15) is 0 Å². The summed E-state index contributed by atoms with van der Waals surface area (Å²) < 4.78 is 0. The van der Waals surface area contributed by atoms with Gasteiger partial charge in [0, 0.05) is 16.1 Å². The zero-order chi connectivity index (χ0) is 15.8. The lowest BCUT2D eigenvalue weighted by molar-refractivity contribution is 0.960. The Balaban J connectivity index is 2.05. The molecule has 0 fully saturated rings. The van der Waals surface area contributed by atoms with Crippen LogP contribution in [0.25, 0.3) is 11.1 Å². The van der Waals surface area contributed by atoms with E-state index in [9.17, 15) is 4.79 Å². The topological polar surface area (TPSA) is 58.1 Å². The van der Waals surface area contributed by atoms with Crippen LogP contribution in [0.5, 0.6) is 0 Å². The normalized spacial score (nSPS) is 12.8. The van der Waals surface area contributed by atoms with Gasteiger partial charge in [-0.3, -0.25) is 9.79 Å². The Kier molecular flexibility index (Phi) is 3.32. The van der Waals surface area contributed by atoms with Crippen molar-refractivity contribution < 1.29 is 0 Å². The molecule has 5 heteroatoms. The number of hydrogen-bond donors (Lipinski definition) is 1. The first-order valence-corrected chi connectivity index (χ1v) is 7.58. The molecule has 3 aromatic rings. The van der Waals surface area contributed by atoms with Crippen LogP contribution < -0.4 is 5.56 Å². The van der Waals surface area contributed by atoms with Crippen molar-refractivity contribution in [3.63, 3.8) is 0 Å². The number of hydrogen-bond acceptors (Lipinski definition) is 3. The number of nitrogens with one attached hydrogen (secondary N) is 1. The molecule has 0 unspecified atom stereocenters. The SMILES string of the molecule is O=c1[nH]cnc2c1-c1ccc(Cl)cc1C(c1ccccc1)=NC2. The summed E-state index contributed by atoms with van der Waals surface area (Å²) in [6, 6.07) is 15.4. The molecule has 1 aliphatic heterocycles. The van der Waals surface area contributed by atoms with Crippen LogP contribution in [-0.2, 0) is 6.54 Å². The third-order valence-electron chi connectivity index (χ3n) is 3.87. The molecule has 2 aromatic carbocycles. The molecule has 1 N–H and O–H groups in total. The zero-order valence-corrected chi connectivity index (χ0v) is 12.8. The maximum atomic E-state index is 12.3. The van der Waals surface area contributed by atoms with E-state index in [4.69, 9.17) is 16.6 Å². The van der Waals surface area contributed by atoms with Crippen LogP contribution in [0.4, 0.5) is 0 Å². The van der Waals surface area contributed by atoms with Gasteiger partial charge in [-0.1, -0.05) is 48.0 Å². The number of aromatic nitrogens is 2. The second kappa shape index (κ2) is 5.48. The third-order valence-corrected chi connectivity index (χ3v) is 4.11. The predicted molar refractivity (Wildman–Crippen MR) is 91.1 cm³/mol. The Labute approximate surface area is 137 Å². The molecule has 4 nitrogen and oxygen atoms in total. The van der Waals surface area contributed by atoms with Crippen LogP contribution in [-0.4, -0.2) is 15.7 Å². The fourth-order valence-electron chi connectivity index (χ4n) is 2.85. The lowest BCUT2D eigenvalue weighted by Crippen LogP contribution is -2.13. The molecular weight excluding hydrogens is 310 g/mol. The Hall–Kier alpha value is -2.72. The molecule has 0 spiro atoms. The number of rotatable bonds is 1. The van der Waals surface area contributed by atoms with Gasteiger partial charge >= 0.3 is 0 Å². The van der Waals surface area contributed by atoms with Crippen LogP contribution in [0.2, 0.25) is 5.02 Å². The zero-order valence-electron chi connectivity index (χ0n) is 12.1. The Morgan fingerprint density at radius 3 is 2.70 bits per heavy atom. The second-order valence-electron chi connectivity index (χ2n) is 5.27. The summed E-state index contributed by atoms with van der Waals surface area (Å²) in [6.45, 7) is 0.357. The van der Waals surface area contributed by atoms with E-state index < -0.39 is 0 Å². The van der Waals surface area contributed by atoms with E-state index in [-0.39, 0.29) is 5.56 Å². The van der Waals surface area contributed by atoms with E-state index in [0.29, 0.717) is 22.8 Å². The average molecular weight is 322 g/mol. The second-order valence-corrected chi connectivity index (χ2v) is 5.71. The summed E-state index contributed by atoms with van der Waals surface area (Å²) >= 11 is 6.19. The highest BCUT2D eigenvalue weighted by molar-refractivity contribution is 6.31. The fourth-order valence-corrected chi connectivity index (χ4v) is 3.02. The van der Waals surface area contributed by atoms with Crippen LogP contribution in [0, 0.1) is 0 Å². The van der Waals surface area contributed by atoms with Crippen LogP contribution in [0.3, 0.4) is 0 Å². The monoisotopic (exact) mass is 321 g/mol. The molecule has 0 radical (unpaired) electrons. The first kappa shape index (κ1) is 13.9. The highest BCUT2D eigenvalue weighted by Gasteiger charge is 2.22. The van der Waals surface area contributed by atoms with Crippen molar-refractivity contribution in [1.82, 2.24) is 9.97 Å². The first-order valence-electron chi connectivity index (χ1n) is 7.21. The van der Waals surface area contributed by atoms with Crippen molar-refractivity contribution in [1.29, 1.82) is 0 Å². The molecule has 0 saturated carbocycles. The van der Waals surface area contributed by atoms with E-state index in [1.807, 2.05) is 42.5 Å². The summed E-state index contributed by atoms with van der Waals surface area (Å²) in [7, 11) is 0. The molecule has 0 atom stereocenters. The molecule has 23 heavy (non-hydrogen) atoms. The van der Waals surface area contributed by atoms with E-state index in [0.717, 1.165) is 22.4 Å². The standard InChI is InChI=1S/C18H12ClN3O/c19-12-6-7-13-14(8-12)17(11-4-2-1-3-5-11)20-9-15-16(13)18(23)22-10-21-15/h1-8,10H,9H2,(H,21,22,23). The summed E-state index contributed by atoms with van der Waals surface area (Å²) in [5.74, 6) is 0. The smallest absolute Gasteiger partial charge is 0.258 e. The molecule has 4 rings (SSSR count). The minimum Gasteiger partial charge on any atom is -0.313 e. The number of aromatic amines is 1. The lowest BCUT2D eigenvalue weighted by atomic mass is 9.94. The Morgan fingerprint density at radius 2 is 1.87 bits per heavy atom. The molecule has 0 bridgehead atoms. The molecule has 0 aliphatic carbocycles. The fraction of sp³-hybridized carbons (Fsp3) is 0.0556. The van der Waals surface area contributed by atoms with Gasteiger partial charge in [0.25, 0.3) is 5.56 Å². The first-order chi connectivity index (χ1) is 11.2. The van der Waals surface area contributed by atoms with Gasteiger partial charge in [0.2, 0.25) is 0 Å². The summed E-state index contributed by atoms with van der Waals surface area (Å²) in [6.07, 6.45) is 1.42. The van der Waals surface area contributed by atoms with Crippen LogP contribution in [0.15, 0.2) is 64.6 Å². The quantitative estimate of drug-likeness (QED) is 0.746. The maximum Gasteiger partial charge on any atom is 0.258 e. The van der Waals surface area contributed by atoms with Crippen molar-refractivity contribution in [3.05, 3.63) is 87.1 Å². The van der Waals surface area contributed by atoms with Gasteiger partial charge in [0.05, 0.1) is 29.8 Å². The average Bonchev–Trinajstić information content (AvgIpc) is 2.73. The number of fused-ring (bicyclic) bond motifs is 3. The van der Waals surface area contributed by atoms with E-state index in [1.165, 1.54) is 6.33 Å². The highest BCUT2D eigenvalue weighted by atomic mass is 35.5. The number of aliphatic imine (C=N–C) groups is 1. The summed E-state index contributed by atoms with van der Waals surface area (Å²) in [5, 5.41) is 0.608. The van der Waals surface area contributed by atoms with Crippen molar-refractivity contribution >= 4 is 17.3 Å². The minimum atomic E-state index is -0.164. The maximum absolute atomic E-state index is 12.3. The van der Waals surface area contributed by atoms with Crippen molar-refractivity contribution in [2.24, 2.45) is 4.99 Å². The molecule has 112 valence electrons. The Bertz CT molecular complexity index is 977. The summed E-state index contributed by atoms with van der Waals surface area (Å²) in [4.78, 5) is 24.0. The lowest BCUT2D eigenvalue weighted by Gasteiger charge is -2.11. The molecule has 1 aliphatic rings. The van der Waals surface area contributed by atoms with E-state index >= 15 is 0 Å². The minimum absolute atomic E-state index is 0.164. The van der Waals surface area contributed by atoms with Crippen molar-refractivity contribution in [2.45, 2.75) is 6.54 Å². The van der Waals surface area contributed by atoms with E-state index in [1.54, 1.807) is 6.07 Å². The number of halogens is 1. The molecular formula is C18H12ClN3O. The molecule has 0 amide bonds. The number of nitrogens with zero attached hydrogens (tertiary/aromatic N) is 2. The van der Waals surface area contributed by atoms with Gasteiger partial charge < -0.3 is 4.98 Å². The van der Waals surface area contributed by atoms with Crippen LogP contribution in [0.1, 0.15) is 16.8 Å². The molecule has 1 aromatic heterocycles. The summed E-state index contributed by atoms with van der Waals surface area (Å²) in [5.41, 5.74) is 4.53. The largest absolute Gasteiger partial charge is 0.313 e. The van der Waals surface area contributed by atoms with Crippen molar-refractivity contribution in [2.75, 3.05) is 0 Å². The van der Waals surface area contributed by atoms with Crippen LogP contribution >= 0.6 is 11.6 Å².